The minimum atomic E-state index is -5.17. The molecule has 0 aromatic heterocycles. The lowest BCUT2D eigenvalue weighted by Gasteiger charge is -2.33. The Morgan fingerprint density at radius 1 is 1.27 bits per heavy atom. The fourth-order valence-electron chi connectivity index (χ4n) is 2.34. The van der Waals surface area contributed by atoms with E-state index < -0.39 is 28.3 Å². The lowest BCUT2D eigenvalue weighted by atomic mass is 10.1. The summed E-state index contributed by atoms with van der Waals surface area (Å²) in [6.45, 7) is 4.43. The van der Waals surface area contributed by atoms with Gasteiger partial charge in [0.1, 0.15) is 0 Å². The van der Waals surface area contributed by atoms with Gasteiger partial charge in [0.25, 0.3) is 15.7 Å². The number of nitrogens with zero attached hydrogens (tertiary/aromatic N) is 2. The van der Waals surface area contributed by atoms with Crippen LogP contribution in [0.1, 0.15) is 24.5 Å². The number of benzene rings is 1. The summed E-state index contributed by atoms with van der Waals surface area (Å²) in [5, 5.41) is 13.3. The molecule has 0 aliphatic carbocycles. The van der Waals surface area contributed by atoms with Gasteiger partial charge in [-0.25, -0.2) is 0 Å². The summed E-state index contributed by atoms with van der Waals surface area (Å²) in [5.74, 6) is 0. The van der Waals surface area contributed by atoms with Crippen LogP contribution in [0.4, 0.5) is 13.2 Å². The predicted molar refractivity (Wildman–Crippen MR) is 73.7 cm³/mol. The topological polar surface area (TPSA) is 70.0 Å². The van der Waals surface area contributed by atoms with Crippen molar-refractivity contribution < 1.29 is 26.7 Å². The van der Waals surface area contributed by atoms with E-state index in [1.165, 1.54) is 32.0 Å². The summed E-state index contributed by atoms with van der Waals surface area (Å²) in [7, 11) is -4.63. The molecule has 22 heavy (non-hydrogen) atoms. The molecule has 0 unspecified atom stereocenters. The van der Waals surface area contributed by atoms with Crippen LogP contribution >= 0.6 is 0 Å². The summed E-state index contributed by atoms with van der Waals surface area (Å²) < 4.78 is 64.3. The summed E-state index contributed by atoms with van der Waals surface area (Å²) in [4.78, 5) is -0.320. The molecule has 0 spiro atoms. The van der Waals surface area contributed by atoms with Gasteiger partial charge in [-0.15, -0.1) is 4.41 Å². The zero-order chi connectivity index (χ0) is 16.9. The van der Waals surface area contributed by atoms with Gasteiger partial charge in [-0.2, -0.15) is 26.7 Å². The molecule has 0 saturated carbocycles. The second kappa shape index (κ2) is 4.95. The molecule has 0 radical (unpaired) electrons. The van der Waals surface area contributed by atoms with E-state index in [1.807, 2.05) is 0 Å². The van der Waals surface area contributed by atoms with Gasteiger partial charge in [0.05, 0.1) is 4.90 Å². The molecule has 1 aromatic carbocycles. The van der Waals surface area contributed by atoms with Gasteiger partial charge in [-0.05, 0) is 32.4 Å². The molecule has 122 valence electrons. The van der Waals surface area contributed by atoms with E-state index in [0.29, 0.717) is 0 Å². The van der Waals surface area contributed by atoms with Crippen molar-refractivity contribution in [2.45, 2.75) is 44.0 Å². The van der Waals surface area contributed by atoms with Crippen LogP contribution < -0.4 is 0 Å². The Morgan fingerprint density at radius 3 is 2.36 bits per heavy atom. The van der Waals surface area contributed by atoms with Crippen molar-refractivity contribution in [2.75, 3.05) is 0 Å². The van der Waals surface area contributed by atoms with E-state index in [0.717, 1.165) is 5.56 Å². The number of sulfonamides is 1. The largest absolute Gasteiger partial charge is 0.439 e. The highest BCUT2D eigenvalue weighted by Gasteiger charge is 2.64. The second-order valence-corrected chi connectivity index (χ2v) is 7.08. The van der Waals surface area contributed by atoms with Gasteiger partial charge < -0.3 is 5.11 Å². The zero-order valence-electron chi connectivity index (χ0n) is 12.1. The maximum atomic E-state index is 13.1. The lowest BCUT2D eigenvalue weighted by molar-refractivity contribution is -0.291. The molecular weight excluding hydrogens is 321 g/mol. The maximum absolute atomic E-state index is 13.1. The van der Waals surface area contributed by atoms with Gasteiger partial charge in [-0.3, -0.25) is 0 Å². The zero-order valence-corrected chi connectivity index (χ0v) is 13.0. The van der Waals surface area contributed by atoms with Crippen LogP contribution in [0.5, 0.6) is 0 Å². The van der Waals surface area contributed by atoms with Crippen molar-refractivity contribution in [3.63, 3.8) is 0 Å². The Balaban J connectivity index is 2.61. The normalized spacial score (nSPS) is 22.9. The highest BCUT2D eigenvalue weighted by Crippen LogP contribution is 2.43. The SMILES string of the molecule is CC1=NN(S(=O)(=O)c2ccc(C)cc2C)[C@](O)(C(F)(F)F)C1. The summed E-state index contributed by atoms with van der Waals surface area (Å²) in [6, 6.07) is 4.21. The van der Waals surface area contributed by atoms with E-state index in [1.54, 1.807) is 6.92 Å². The quantitative estimate of drug-likeness (QED) is 0.901. The van der Waals surface area contributed by atoms with Crippen LogP contribution in [-0.2, 0) is 10.0 Å². The number of hydrazone groups is 1. The minimum Gasteiger partial charge on any atom is -0.361 e. The second-order valence-electron chi connectivity index (χ2n) is 5.34. The third-order valence-electron chi connectivity index (χ3n) is 3.37. The van der Waals surface area contributed by atoms with Crippen molar-refractivity contribution in [3.8, 4) is 0 Å². The van der Waals surface area contributed by atoms with Crippen LogP contribution in [0.25, 0.3) is 0 Å². The average molecular weight is 336 g/mol. The first kappa shape index (κ1) is 16.8. The number of aliphatic hydroxyl groups is 1. The molecule has 0 fully saturated rings. The van der Waals surface area contributed by atoms with E-state index >= 15 is 0 Å². The monoisotopic (exact) mass is 336 g/mol. The standard InChI is InChI=1S/C13H15F3N2O3S/c1-8-4-5-11(9(2)6-8)22(20,21)18-12(19,13(14,15)16)7-10(3)17-18/h4-6,19H,7H2,1-3H3/t12-/m1/s1. The number of alkyl halides is 3. The first-order chi connectivity index (χ1) is 9.89. The Kier molecular flexibility index (Phi) is 3.77. The predicted octanol–water partition coefficient (Wildman–Crippen LogP) is 2.32. The van der Waals surface area contributed by atoms with Crippen LogP contribution in [0, 0.1) is 13.8 Å². The molecule has 0 saturated heterocycles. The highest BCUT2D eigenvalue weighted by molar-refractivity contribution is 7.89. The lowest BCUT2D eigenvalue weighted by Crippen LogP contribution is -2.56. The average Bonchev–Trinajstić information content (AvgIpc) is 2.65. The number of hydrogen-bond donors (Lipinski definition) is 1. The smallest absolute Gasteiger partial charge is 0.361 e. The van der Waals surface area contributed by atoms with Gasteiger partial charge in [-0.1, -0.05) is 17.7 Å². The van der Waals surface area contributed by atoms with E-state index in [-0.39, 0.29) is 20.6 Å². The van der Waals surface area contributed by atoms with Crippen molar-refractivity contribution >= 4 is 15.7 Å². The van der Waals surface area contributed by atoms with Gasteiger partial charge in [0.2, 0.25) is 0 Å². The molecule has 5 nitrogen and oxygen atoms in total. The number of rotatable bonds is 2. The van der Waals surface area contributed by atoms with Crippen LogP contribution in [0.3, 0.4) is 0 Å². The van der Waals surface area contributed by atoms with E-state index in [4.69, 9.17) is 0 Å². The van der Waals surface area contributed by atoms with Gasteiger partial charge in [0, 0.05) is 12.1 Å². The molecule has 1 N–H and O–H groups in total. The minimum absolute atomic E-state index is 0.117. The van der Waals surface area contributed by atoms with E-state index in [9.17, 15) is 26.7 Å². The van der Waals surface area contributed by atoms with Crippen LogP contribution in [-0.4, -0.2) is 35.6 Å². The fourth-order valence-corrected chi connectivity index (χ4v) is 4.05. The number of aryl methyl sites for hydroxylation is 2. The fraction of sp³-hybridized carbons (Fsp3) is 0.462. The maximum Gasteiger partial charge on any atom is 0.439 e. The van der Waals surface area contributed by atoms with Crippen molar-refractivity contribution in [1.82, 2.24) is 4.41 Å². The van der Waals surface area contributed by atoms with Gasteiger partial charge in [0.15, 0.2) is 0 Å². The molecule has 2 rings (SSSR count). The Bertz CT molecular complexity index is 743. The molecule has 1 aromatic rings. The summed E-state index contributed by atoms with van der Waals surface area (Å²) in [5.41, 5.74) is -2.63. The third-order valence-corrected chi connectivity index (χ3v) is 5.22. The first-order valence-electron chi connectivity index (χ1n) is 6.35. The van der Waals surface area contributed by atoms with Crippen molar-refractivity contribution in [2.24, 2.45) is 5.10 Å². The highest BCUT2D eigenvalue weighted by atomic mass is 32.2. The molecule has 0 amide bonds. The molecular formula is C13H15F3N2O3S. The Hall–Kier alpha value is -1.61. The third kappa shape index (κ3) is 2.48. The van der Waals surface area contributed by atoms with Crippen molar-refractivity contribution in [1.29, 1.82) is 0 Å². The van der Waals surface area contributed by atoms with Crippen LogP contribution in [0.2, 0.25) is 0 Å². The summed E-state index contributed by atoms with van der Waals surface area (Å²) in [6.07, 6.45) is -6.08. The summed E-state index contributed by atoms with van der Waals surface area (Å²) >= 11 is 0. The molecule has 1 aliphatic heterocycles. The number of hydrogen-bond acceptors (Lipinski definition) is 4. The molecule has 1 heterocycles. The molecule has 1 aliphatic rings. The first-order valence-corrected chi connectivity index (χ1v) is 7.79. The Morgan fingerprint density at radius 2 is 1.86 bits per heavy atom. The molecule has 1 atom stereocenters. The van der Waals surface area contributed by atoms with Crippen LogP contribution in [0.15, 0.2) is 28.2 Å². The molecule has 0 bridgehead atoms. The van der Waals surface area contributed by atoms with Crippen molar-refractivity contribution in [3.05, 3.63) is 29.3 Å². The van der Waals surface area contributed by atoms with E-state index in [2.05, 4.69) is 5.10 Å². The van der Waals surface area contributed by atoms with Gasteiger partial charge >= 0.3 is 6.18 Å². The molecule has 9 heteroatoms. The number of halogens is 3. The Labute approximate surface area is 126 Å².